The molecule has 0 aliphatic carbocycles. The number of aromatic nitrogens is 1. The van der Waals surface area contributed by atoms with Crippen LogP contribution in [0.25, 0.3) is 0 Å². The van der Waals surface area contributed by atoms with Crippen LogP contribution in [0.15, 0.2) is 12.3 Å². The monoisotopic (exact) mass is 242 g/mol. The fraction of sp³-hybridized carbons (Fsp3) is 0.455. The van der Waals surface area contributed by atoms with Crippen molar-refractivity contribution in [2.75, 3.05) is 12.4 Å². The maximum Gasteiger partial charge on any atom is 0.328 e. The lowest BCUT2D eigenvalue weighted by Crippen LogP contribution is -2.30. The molecule has 16 heavy (non-hydrogen) atoms. The summed E-state index contributed by atoms with van der Waals surface area (Å²) in [6.07, 6.45) is 2.25. The minimum absolute atomic E-state index is 0.304. The van der Waals surface area contributed by atoms with Crippen LogP contribution in [0.4, 0.5) is 5.69 Å². The van der Waals surface area contributed by atoms with Gasteiger partial charge in [-0.2, -0.15) is 0 Å². The number of methoxy groups -OCH3 is 1. The highest BCUT2D eigenvalue weighted by Gasteiger charge is 2.18. The third-order valence-corrected chi connectivity index (χ3v) is 2.61. The molecule has 0 aromatic carbocycles. The molecule has 0 radical (unpaired) electrons. The van der Waals surface area contributed by atoms with Gasteiger partial charge in [-0.25, -0.2) is 9.78 Å². The average Bonchev–Trinajstić information content (AvgIpc) is 2.28. The number of ether oxygens (including phenoxy) is 1. The number of halogens is 1. The van der Waals surface area contributed by atoms with Gasteiger partial charge < -0.3 is 10.1 Å². The second-order valence-electron chi connectivity index (χ2n) is 3.42. The van der Waals surface area contributed by atoms with Crippen molar-refractivity contribution in [3.63, 3.8) is 0 Å². The summed E-state index contributed by atoms with van der Waals surface area (Å²) in [5.41, 5.74) is 1.63. The van der Waals surface area contributed by atoms with Crippen LogP contribution in [0, 0.1) is 6.92 Å². The molecule has 1 heterocycles. The molecule has 1 atom stereocenters. The number of carbonyl (C=O) groups excluding carboxylic acids is 1. The van der Waals surface area contributed by atoms with Gasteiger partial charge in [0.2, 0.25) is 0 Å². The first kappa shape index (κ1) is 12.8. The zero-order valence-corrected chi connectivity index (χ0v) is 10.3. The van der Waals surface area contributed by atoms with Gasteiger partial charge in [-0.1, -0.05) is 18.5 Å². The highest BCUT2D eigenvalue weighted by molar-refractivity contribution is 6.32. The SMILES string of the molecule is CCC(Nc1c(C)ccnc1Cl)C(=O)OC. The minimum atomic E-state index is -0.398. The average molecular weight is 243 g/mol. The quantitative estimate of drug-likeness (QED) is 0.651. The summed E-state index contributed by atoms with van der Waals surface area (Å²) in [7, 11) is 1.37. The van der Waals surface area contributed by atoms with Crippen LogP contribution in [-0.4, -0.2) is 24.1 Å². The number of carbonyl (C=O) groups is 1. The largest absolute Gasteiger partial charge is 0.467 e. The number of hydrogen-bond donors (Lipinski definition) is 1. The van der Waals surface area contributed by atoms with Crippen LogP contribution in [0.1, 0.15) is 18.9 Å². The standard InChI is InChI=1S/C11H15ClN2O2/c1-4-8(11(15)16-3)14-9-7(2)5-6-13-10(9)12/h5-6,8,14H,4H2,1-3H3. The maximum atomic E-state index is 11.4. The van der Waals surface area contributed by atoms with Crippen molar-refractivity contribution < 1.29 is 9.53 Å². The van der Waals surface area contributed by atoms with Gasteiger partial charge in [0.25, 0.3) is 0 Å². The van der Waals surface area contributed by atoms with E-state index >= 15 is 0 Å². The molecule has 0 fully saturated rings. The third-order valence-electron chi connectivity index (χ3n) is 2.33. The summed E-state index contributed by atoms with van der Waals surface area (Å²) < 4.78 is 4.69. The first-order valence-corrected chi connectivity index (χ1v) is 5.43. The van der Waals surface area contributed by atoms with Crippen LogP contribution in [-0.2, 0) is 9.53 Å². The van der Waals surface area contributed by atoms with Crippen LogP contribution >= 0.6 is 11.6 Å². The Morgan fingerprint density at radius 2 is 2.38 bits per heavy atom. The molecule has 0 aliphatic heterocycles. The van der Waals surface area contributed by atoms with E-state index in [-0.39, 0.29) is 5.97 Å². The van der Waals surface area contributed by atoms with Crippen LogP contribution in [0.5, 0.6) is 0 Å². The van der Waals surface area contributed by atoms with Gasteiger partial charge in [-0.05, 0) is 25.0 Å². The predicted molar refractivity (Wildman–Crippen MR) is 63.7 cm³/mol. The van der Waals surface area contributed by atoms with E-state index in [4.69, 9.17) is 16.3 Å². The Bertz CT molecular complexity index is 362. The molecule has 5 heteroatoms. The first-order valence-electron chi connectivity index (χ1n) is 5.05. The summed E-state index contributed by atoms with van der Waals surface area (Å²) in [6.45, 7) is 3.80. The van der Waals surface area contributed by atoms with E-state index in [9.17, 15) is 4.79 Å². The highest BCUT2D eigenvalue weighted by atomic mass is 35.5. The van der Waals surface area contributed by atoms with Gasteiger partial charge >= 0.3 is 5.97 Å². The second kappa shape index (κ2) is 5.70. The topological polar surface area (TPSA) is 51.2 Å². The zero-order chi connectivity index (χ0) is 12.1. The minimum Gasteiger partial charge on any atom is -0.467 e. The molecule has 0 saturated heterocycles. The number of pyridine rings is 1. The van der Waals surface area contributed by atoms with E-state index in [1.807, 2.05) is 19.9 Å². The predicted octanol–water partition coefficient (Wildman–Crippen LogP) is 2.41. The van der Waals surface area contributed by atoms with Crippen LogP contribution in [0.2, 0.25) is 5.15 Å². The van der Waals surface area contributed by atoms with Gasteiger partial charge in [0.15, 0.2) is 5.15 Å². The van der Waals surface area contributed by atoms with Crippen molar-refractivity contribution in [1.29, 1.82) is 0 Å². The number of hydrogen-bond acceptors (Lipinski definition) is 4. The summed E-state index contributed by atoms with van der Waals surface area (Å²) in [6, 6.07) is 1.43. The van der Waals surface area contributed by atoms with Crippen LogP contribution in [0.3, 0.4) is 0 Å². The molecule has 0 amide bonds. The molecule has 1 aromatic heterocycles. The van der Waals surface area contributed by atoms with Gasteiger partial charge in [0.1, 0.15) is 6.04 Å². The van der Waals surface area contributed by atoms with E-state index in [1.54, 1.807) is 6.20 Å². The highest BCUT2D eigenvalue weighted by Crippen LogP contribution is 2.24. The lowest BCUT2D eigenvalue weighted by Gasteiger charge is -2.17. The molecular formula is C11H15ClN2O2. The summed E-state index contributed by atoms with van der Waals surface area (Å²) in [5.74, 6) is -0.304. The van der Waals surface area contributed by atoms with E-state index in [0.717, 1.165) is 5.56 Å². The second-order valence-corrected chi connectivity index (χ2v) is 3.78. The van der Waals surface area contributed by atoms with E-state index in [0.29, 0.717) is 17.3 Å². The maximum absolute atomic E-state index is 11.4. The summed E-state index contributed by atoms with van der Waals surface area (Å²) in [4.78, 5) is 15.4. The van der Waals surface area contributed by atoms with Gasteiger partial charge in [0, 0.05) is 6.20 Å². The molecule has 0 saturated carbocycles. The van der Waals surface area contributed by atoms with Crippen molar-refractivity contribution >= 4 is 23.3 Å². The molecule has 1 aromatic rings. The number of anilines is 1. The molecule has 0 aliphatic rings. The van der Waals surface area contributed by atoms with Gasteiger partial charge in [-0.3, -0.25) is 0 Å². The fourth-order valence-corrected chi connectivity index (χ4v) is 1.60. The van der Waals surface area contributed by atoms with E-state index in [1.165, 1.54) is 7.11 Å². The molecule has 0 bridgehead atoms. The molecule has 1 unspecified atom stereocenters. The van der Waals surface area contributed by atoms with E-state index < -0.39 is 6.04 Å². The molecular weight excluding hydrogens is 228 g/mol. The molecule has 1 rings (SSSR count). The number of aryl methyl sites for hydroxylation is 1. The fourth-order valence-electron chi connectivity index (χ4n) is 1.34. The van der Waals surface area contributed by atoms with Crippen molar-refractivity contribution in [2.24, 2.45) is 0 Å². The first-order chi connectivity index (χ1) is 7.60. The molecule has 1 N–H and O–H groups in total. The van der Waals surface area contributed by atoms with Gasteiger partial charge in [-0.15, -0.1) is 0 Å². The number of nitrogens with one attached hydrogen (secondary N) is 1. The number of rotatable bonds is 4. The summed E-state index contributed by atoms with van der Waals surface area (Å²) >= 11 is 5.95. The Morgan fingerprint density at radius 3 is 2.88 bits per heavy atom. The van der Waals surface area contributed by atoms with Crippen molar-refractivity contribution in [1.82, 2.24) is 4.98 Å². The molecule has 4 nitrogen and oxygen atoms in total. The third kappa shape index (κ3) is 2.85. The van der Waals surface area contributed by atoms with Crippen molar-refractivity contribution in [2.45, 2.75) is 26.3 Å². The lowest BCUT2D eigenvalue weighted by molar-refractivity contribution is -0.141. The van der Waals surface area contributed by atoms with E-state index in [2.05, 4.69) is 10.3 Å². The Morgan fingerprint density at radius 1 is 1.69 bits per heavy atom. The zero-order valence-electron chi connectivity index (χ0n) is 9.58. The number of esters is 1. The lowest BCUT2D eigenvalue weighted by atomic mass is 10.2. The molecule has 0 spiro atoms. The van der Waals surface area contributed by atoms with Gasteiger partial charge in [0.05, 0.1) is 12.8 Å². The Hall–Kier alpha value is -1.29. The molecule has 88 valence electrons. The van der Waals surface area contributed by atoms with Crippen LogP contribution < -0.4 is 5.32 Å². The number of nitrogens with zero attached hydrogens (tertiary/aromatic N) is 1. The summed E-state index contributed by atoms with van der Waals surface area (Å²) in [5, 5.41) is 3.41. The Kier molecular flexibility index (Phi) is 4.55. The Balaban J connectivity index is 2.90. The Labute approximate surface area is 100.0 Å². The smallest absolute Gasteiger partial charge is 0.328 e. The van der Waals surface area contributed by atoms with Crippen molar-refractivity contribution in [3.8, 4) is 0 Å². The normalized spacial score (nSPS) is 12.0. The van der Waals surface area contributed by atoms with Crippen molar-refractivity contribution in [3.05, 3.63) is 23.0 Å².